The Kier molecular flexibility index (Phi) is 1.77. The molecule has 3 nitrogen and oxygen atoms in total. The van der Waals surface area contributed by atoms with E-state index in [9.17, 15) is 4.79 Å². The first kappa shape index (κ1) is 7.86. The highest BCUT2D eigenvalue weighted by atomic mass is 16.6. The van der Waals surface area contributed by atoms with E-state index in [0.29, 0.717) is 11.5 Å². The maximum atomic E-state index is 11.1. The van der Waals surface area contributed by atoms with E-state index in [0.717, 1.165) is 5.56 Å². The molecule has 1 aromatic carbocycles. The second kappa shape index (κ2) is 2.94. The minimum Gasteiger partial charge on any atom is -0.443 e. The number of hydrogen-bond acceptors (Lipinski definition) is 2. The maximum Gasteiger partial charge on any atom is 0.290 e. The van der Waals surface area contributed by atoms with Crippen LogP contribution in [0.15, 0.2) is 36.1 Å². The molecule has 0 radical (unpaired) electrons. The highest BCUT2D eigenvalue weighted by Crippen LogP contribution is 2.35. The zero-order valence-corrected chi connectivity index (χ0v) is 7.20. The SMILES string of the molecule is CNC(=O)C1=C(c2ccccc2)O1. The molecule has 0 aliphatic carbocycles. The average molecular weight is 175 g/mol. The Hall–Kier alpha value is -1.77. The first-order valence-electron chi connectivity index (χ1n) is 4.02. The van der Waals surface area contributed by atoms with Gasteiger partial charge in [0.1, 0.15) is 0 Å². The number of ether oxygens (including phenoxy) is 1. The third-order valence-corrected chi connectivity index (χ3v) is 1.84. The Labute approximate surface area is 76.0 Å². The van der Waals surface area contributed by atoms with Gasteiger partial charge >= 0.3 is 0 Å². The summed E-state index contributed by atoms with van der Waals surface area (Å²) >= 11 is 0. The number of carbonyl (C=O) groups is 1. The molecule has 2 rings (SSSR count). The zero-order valence-electron chi connectivity index (χ0n) is 7.20. The molecule has 13 heavy (non-hydrogen) atoms. The van der Waals surface area contributed by atoms with Gasteiger partial charge in [0.25, 0.3) is 5.91 Å². The number of likely N-dealkylation sites (N-methyl/N-ethyl adjacent to an activating group) is 1. The van der Waals surface area contributed by atoms with E-state index >= 15 is 0 Å². The standard InChI is InChI=1S/C10H9NO2/c1-11-10(12)9-8(13-9)7-5-3-2-4-6-7/h2-6H,1H3,(H,11,12). The Morgan fingerprint density at radius 3 is 2.62 bits per heavy atom. The fraction of sp³-hybridized carbons (Fsp3) is 0.100. The first-order chi connectivity index (χ1) is 6.33. The van der Waals surface area contributed by atoms with E-state index in [2.05, 4.69) is 5.32 Å². The Morgan fingerprint density at radius 1 is 1.31 bits per heavy atom. The normalized spacial score (nSPS) is 13.6. The highest BCUT2D eigenvalue weighted by molar-refractivity contribution is 6.04. The fourth-order valence-corrected chi connectivity index (χ4v) is 1.12. The fourth-order valence-electron chi connectivity index (χ4n) is 1.12. The molecule has 0 aromatic heterocycles. The monoisotopic (exact) mass is 175 g/mol. The predicted octanol–water partition coefficient (Wildman–Crippen LogP) is 1.13. The lowest BCUT2D eigenvalue weighted by Crippen LogP contribution is -2.16. The van der Waals surface area contributed by atoms with Crippen LogP contribution in [-0.2, 0) is 9.53 Å². The van der Waals surface area contributed by atoms with Crippen LogP contribution in [0, 0.1) is 0 Å². The number of benzene rings is 1. The summed E-state index contributed by atoms with van der Waals surface area (Å²) in [5.41, 5.74) is 0.945. The maximum absolute atomic E-state index is 11.1. The van der Waals surface area contributed by atoms with Crippen LogP contribution in [0.5, 0.6) is 0 Å². The quantitative estimate of drug-likeness (QED) is 0.732. The molecule has 0 saturated carbocycles. The van der Waals surface area contributed by atoms with Gasteiger partial charge in [0.2, 0.25) is 5.76 Å². The van der Waals surface area contributed by atoms with Gasteiger partial charge in [0, 0.05) is 12.6 Å². The summed E-state index contributed by atoms with van der Waals surface area (Å²) in [6.07, 6.45) is 0. The summed E-state index contributed by atoms with van der Waals surface area (Å²) in [6.45, 7) is 0. The Morgan fingerprint density at radius 2 is 2.00 bits per heavy atom. The zero-order chi connectivity index (χ0) is 9.26. The molecule has 1 aliphatic heterocycles. The average Bonchev–Trinajstić information content (AvgIpc) is 2.98. The molecule has 1 N–H and O–H groups in total. The summed E-state index contributed by atoms with van der Waals surface area (Å²) in [5.74, 6) is 0.938. The van der Waals surface area contributed by atoms with Gasteiger partial charge in [0.15, 0.2) is 5.76 Å². The summed E-state index contributed by atoms with van der Waals surface area (Å²) in [7, 11) is 1.58. The minimum absolute atomic E-state index is 0.168. The van der Waals surface area contributed by atoms with Crippen molar-refractivity contribution in [1.82, 2.24) is 5.32 Å². The van der Waals surface area contributed by atoms with E-state index in [1.165, 1.54) is 0 Å². The number of amides is 1. The summed E-state index contributed by atoms with van der Waals surface area (Å²) in [4.78, 5) is 11.1. The van der Waals surface area contributed by atoms with Crippen molar-refractivity contribution < 1.29 is 9.53 Å². The molecule has 0 unspecified atom stereocenters. The topological polar surface area (TPSA) is 41.6 Å². The van der Waals surface area contributed by atoms with Crippen molar-refractivity contribution in [2.24, 2.45) is 0 Å². The molecule has 1 aromatic rings. The lowest BCUT2D eigenvalue weighted by Gasteiger charge is -1.86. The molecule has 0 bridgehead atoms. The van der Waals surface area contributed by atoms with Gasteiger partial charge in [0.05, 0.1) is 0 Å². The van der Waals surface area contributed by atoms with Gasteiger partial charge in [-0.2, -0.15) is 0 Å². The first-order valence-corrected chi connectivity index (χ1v) is 4.02. The van der Waals surface area contributed by atoms with Crippen molar-refractivity contribution >= 4 is 11.7 Å². The van der Waals surface area contributed by atoms with Crippen LogP contribution >= 0.6 is 0 Å². The lowest BCUT2D eigenvalue weighted by atomic mass is 10.2. The number of nitrogens with one attached hydrogen (secondary N) is 1. The lowest BCUT2D eigenvalue weighted by molar-refractivity contribution is -0.117. The van der Waals surface area contributed by atoms with E-state index in [1.54, 1.807) is 7.05 Å². The van der Waals surface area contributed by atoms with Crippen molar-refractivity contribution in [3.63, 3.8) is 0 Å². The molecule has 1 amide bonds. The van der Waals surface area contributed by atoms with Crippen molar-refractivity contribution in [3.05, 3.63) is 41.7 Å². The van der Waals surface area contributed by atoms with Gasteiger partial charge in [-0.3, -0.25) is 4.79 Å². The molecule has 0 spiro atoms. The molecule has 0 atom stereocenters. The van der Waals surface area contributed by atoms with Crippen LogP contribution in [0.1, 0.15) is 5.56 Å². The van der Waals surface area contributed by atoms with E-state index in [1.807, 2.05) is 30.3 Å². The molecule has 0 fully saturated rings. The molecular formula is C10H9NO2. The summed E-state index contributed by atoms with van der Waals surface area (Å²) in [5, 5.41) is 2.50. The van der Waals surface area contributed by atoms with Crippen molar-refractivity contribution in [2.45, 2.75) is 0 Å². The van der Waals surface area contributed by atoms with Crippen LogP contribution in [-0.4, -0.2) is 13.0 Å². The van der Waals surface area contributed by atoms with Crippen molar-refractivity contribution in [3.8, 4) is 0 Å². The second-order valence-corrected chi connectivity index (χ2v) is 2.71. The van der Waals surface area contributed by atoms with E-state index in [-0.39, 0.29) is 5.91 Å². The smallest absolute Gasteiger partial charge is 0.290 e. The molecule has 1 heterocycles. The molecule has 1 aliphatic rings. The van der Waals surface area contributed by atoms with Crippen LogP contribution in [0.3, 0.4) is 0 Å². The minimum atomic E-state index is -0.168. The number of rotatable bonds is 2. The predicted molar refractivity (Wildman–Crippen MR) is 48.5 cm³/mol. The van der Waals surface area contributed by atoms with Gasteiger partial charge in [-0.1, -0.05) is 30.3 Å². The third kappa shape index (κ3) is 1.40. The molecule has 66 valence electrons. The van der Waals surface area contributed by atoms with E-state index in [4.69, 9.17) is 4.74 Å². The molecular weight excluding hydrogens is 166 g/mol. The van der Waals surface area contributed by atoms with Gasteiger partial charge in [-0.15, -0.1) is 0 Å². The number of carbonyl (C=O) groups excluding carboxylic acids is 1. The Bertz CT molecular complexity index is 368. The summed E-state index contributed by atoms with van der Waals surface area (Å²) < 4.78 is 5.08. The van der Waals surface area contributed by atoms with Gasteiger partial charge in [-0.25, -0.2) is 0 Å². The van der Waals surface area contributed by atoms with E-state index < -0.39 is 0 Å². The van der Waals surface area contributed by atoms with Crippen LogP contribution < -0.4 is 5.32 Å². The molecule has 0 saturated heterocycles. The van der Waals surface area contributed by atoms with Gasteiger partial charge < -0.3 is 10.1 Å². The second-order valence-electron chi connectivity index (χ2n) is 2.71. The summed E-state index contributed by atoms with van der Waals surface area (Å²) in [6, 6.07) is 9.56. The third-order valence-electron chi connectivity index (χ3n) is 1.84. The van der Waals surface area contributed by atoms with Crippen molar-refractivity contribution in [2.75, 3.05) is 7.05 Å². The van der Waals surface area contributed by atoms with Crippen LogP contribution in [0.2, 0.25) is 0 Å². The van der Waals surface area contributed by atoms with Crippen molar-refractivity contribution in [1.29, 1.82) is 0 Å². The van der Waals surface area contributed by atoms with Crippen LogP contribution in [0.4, 0.5) is 0 Å². The van der Waals surface area contributed by atoms with Gasteiger partial charge in [-0.05, 0) is 0 Å². The van der Waals surface area contributed by atoms with Crippen LogP contribution in [0.25, 0.3) is 5.76 Å². The number of hydrogen-bond donors (Lipinski definition) is 1. The highest BCUT2D eigenvalue weighted by Gasteiger charge is 2.32. The molecule has 3 heteroatoms. The Balaban J connectivity index is 2.23. The largest absolute Gasteiger partial charge is 0.443 e.